The summed E-state index contributed by atoms with van der Waals surface area (Å²) in [6.07, 6.45) is 0.975. The van der Waals surface area contributed by atoms with Crippen molar-refractivity contribution in [3.63, 3.8) is 0 Å². The molecule has 0 spiro atoms. The minimum atomic E-state index is 0.680. The van der Waals surface area contributed by atoms with E-state index in [1.54, 1.807) is 6.07 Å². The molecule has 1 heterocycles. The topological polar surface area (TPSA) is 15.8 Å². The van der Waals surface area contributed by atoms with Gasteiger partial charge in [0.1, 0.15) is 0 Å². The smallest absolute Gasteiger partial charge is 0.0661 e. The van der Waals surface area contributed by atoms with E-state index in [4.69, 9.17) is 23.2 Å². The third-order valence-electron chi connectivity index (χ3n) is 2.08. The fourth-order valence-corrected chi connectivity index (χ4v) is 1.97. The van der Waals surface area contributed by atoms with Gasteiger partial charge in [-0.05, 0) is 24.6 Å². The number of aromatic amines is 1. The van der Waals surface area contributed by atoms with Crippen LogP contribution in [-0.2, 0) is 6.42 Å². The summed E-state index contributed by atoms with van der Waals surface area (Å²) < 4.78 is 0. The number of rotatable bonds is 1. The van der Waals surface area contributed by atoms with Crippen molar-refractivity contribution < 1.29 is 0 Å². The first kappa shape index (κ1) is 8.92. The molecule has 1 aromatic heterocycles. The largest absolute Gasteiger partial charge is 0.357 e. The molecule has 1 N–H and O–H groups in total. The molecule has 0 saturated heterocycles. The van der Waals surface area contributed by atoms with Crippen molar-refractivity contribution in [3.05, 3.63) is 33.9 Å². The van der Waals surface area contributed by atoms with Crippen LogP contribution in [0.4, 0.5) is 0 Å². The van der Waals surface area contributed by atoms with E-state index < -0.39 is 0 Å². The van der Waals surface area contributed by atoms with Crippen LogP contribution in [-0.4, -0.2) is 4.98 Å². The van der Waals surface area contributed by atoms with Crippen molar-refractivity contribution in [2.45, 2.75) is 13.3 Å². The highest BCUT2D eigenvalue weighted by molar-refractivity contribution is 6.38. The average Bonchev–Trinajstić information content (AvgIpc) is 2.47. The quantitative estimate of drug-likeness (QED) is 0.737. The maximum atomic E-state index is 6.02. The summed E-state index contributed by atoms with van der Waals surface area (Å²) in [7, 11) is 0. The first-order valence-electron chi connectivity index (χ1n) is 4.17. The molecule has 0 amide bonds. The number of benzene rings is 1. The fraction of sp³-hybridized carbons (Fsp3) is 0.200. The number of hydrogen-bond donors (Lipinski definition) is 1. The highest BCUT2D eigenvalue weighted by Gasteiger charge is 2.04. The van der Waals surface area contributed by atoms with E-state index in [9.17, 15) is 0 Å². The van der Waals surface area contributed by atoms with Crippen molar-refractivity contribution in [1.82, 2.24) is 4.98 Å². The number of aromatic nitrogens is 1. The van der Waals surface area contributed by atoms with Crippen molar-refractivity contribution in [1.29, 1.82) is 0 Å². The molecule has 0 aliphatic heterocycles. The molecule has 2 rings (SSSR count). The Morgan fingerprint density at radius 2 is 2.00 bits per heavy atom. The summed E-state index contributed by atoms with van der Waals surface area (Å²) in [6, 6.07) is 5.74. The zero-order valence-electron chi connectivity index (χ0n) is 7.20. The summed E-state index contributed by atoms with van der Waals surface area (Å²) in [6.45, 7) is 2.10. The van der Waals surface area contributed by atoms with Gasteiger partial charge in [-0.1, -0.05) is 30.1 Å². The summed E-state index contributed by atoms with van der Waals surface area (Å²) in [5.74, 6) is 0. The van der Waals surface area contributed by atoms with Crippen LogP contribution >= 0.6 is 23.2 Å². The number of H-pyrrole nitrogens is 1. The number of aryl methyl sites for hydroxylation is 1. The average molecular weight is 214 g/mol. The van der Waals surface area contributed by atoms with Crippen molar-refractivity contribution in [2.24, 2.45) is 0 Å². The second kappa shape index (κ2) is 3.24. The van der Waals surface area contributed by atoms with Crippen LogP contribution in [0.3, 0.4) is 0 Å². The summed E-state index contributed by atoms with van der Waals surface area (Å²) in [4.78, 5) is 3.25. The van der Waals surface area contributed by atoms with Crippen LogP contribution < -0.4 is 0 Å². The Labute approximate surface area is 86.7 Å². The van der Waals surface area contributed by atoms with E-state index in [0.717, 1.165) is 17.3 Å². The van der Waals surface area contributed by atoms with E-state index in [2.05, 4.69) is 18.0 Å². The Bertz CT molecular complexity index is 445. The van der Waals surface area contributed by atoms with Crippen LogP contribution in [0.2, 0.25) is 10.0 Å². The van der Waals surface area contributed by atoms with Crippen LogP contribution in [0.15, 0.2) is 18.2 Å². The van der Waals surface area contributed by atoms with Gasteiger partial charge in [0.05, 0.1) is 10.5 Å². The SMILES string of the molecule is CCc1cc2cc(Cl)cc(Cl)c2[nH]1. The van der Waals surface area contributed by atoms with Gasteiger partial charge < -0.3 is 4.98 Å². The second-order valence-corrected chi connectivity index (χ2v) is 3.84. The van der Waals surface area contributed by atoms with Crippen LogP contribution in [0.1, 0.15) is 12.6 Å². The molecule has 0 atom stereocenters. The lowest BCUT2D eigenvalue weighted by Crippen LogP contribution is -1.76. The Balaban J connectivity index is 2.75. The predicted molar refractivity (Wildman–Crippen MR) is 57.7 cm³/mol. The van der Waals surface area contributed by atoms with E-state index >= 15 is 0 Å². The lowest BCUT2D eigenvalue weighted by atomic mass is 10.2. The molecule has 0 aliphatic carbocycles. The molecule has 2 aromatic rings. The maximum Gasteiger partial charge on any atom is 0.0661 e. The molecule has 1 aromatic carbocycles. The molecule has 0 bridgehead atoms. The Morgan fingerprint density at radius 3 is 2.69 bits per heavy atom. The van der Waals surface area contributed by atoms with E-state index in [-0.39, 0.29) is 0 Å². The van der Waals surface area contributed by atoms with Crippen LogP contribution in [0.25, 0.3) is 10.9 Å². The van der Waals surface area contributed by atoms with Gasteiger partial charge in [0.25, 0.3) is 0 Å². The van der Waals surface area contributed by atoms with Crippen molar-refractivity contribution >= 4 is 34.1 Å². The summed E-state index contributed by atoms with van der Waals surface area (Å²) in [5, 5.41) is 2.44. The summed E-state index contributed by atoms with van der Waals surface area (Å²) >= 11 is 11.9. The molecule has 0 saturated carbocycles. The van der Waals surface area contributed by atoms with Gasteiger partial charge in [0.15, 0.2) is 0 Å². The number of halogens is 2. The number of fused-ring (bicyclic) bond motifs is 1. The Hall–Kier alpha value is -0.660. The molecule has 0 fully saturated rings. The maximum absolute atomic E-state index is 6.02. The predicted octanol–water partition coefficient (Wildman–Crippen LogP) is 4.04. The Morgan fingerprint density at radius 1 is 1.23 bits per heavy atom. The second-order valence-electron chi connectivity index (χ2n) is 3.00. The zero-order valence-corrected chi connectivity index (χ0v) is 8.71. The monoisotopic (exact) mass is 213 g/mol. The first-order valence-corrected chi connectivity index (χ1v) is 4.93. The highest BCUT2D eigenvalue weighted by atomic mass is 35.5. The minimum absolute atomic E-state index is 0.680. The minimum Gasteiger partial charge on any atom is -0.357 e. The van der Waals surface area contributed by atoms with Gasteiger partial charge in [-0.15, -0.1) is 0 Å². The van der Waals surface area contributed by atoms with Gasteiger partial charge in [-0.3, -0.25) is 0 Å². The molecular formula is C10H9Cl2N. The molecule has 68 valence electrons. The standard InChI is InChI=1S/C10H9Cl2N/c1-2-8-4-6-3-7(11)5-9(12)10(6)13-8/h3-5,13H,2H2,1H3. The van der Waals surface area contributed by atoms with E-state index in [1.165, 1.54) is 5.69 Å². The van der Waals surface area contributed by atoms with Crippen molar-refractivity contribution in [2.75, 3.05) is 0 Å². The molecule has 0 aliphatic rings. The van der Waals surface area contributed by atoms with Gasteiger partial charge in [-0.25, -0.2) is 0 Å². The van der Waals surface area contributed by atoms with Gasteiger partial charge >= 0.3 is 0 Å². The molecule has 0 radical (unpaired) electrons. The van der Waals surface area contributed by atoms with Gasteiger partial charge in [-0.2, -0.15) is 0 Å². The third kappa shape index (κ3) is 1.54. The highest BCUT2D eigenvalue weighted by Crippen LogP contribution is 2.27. The van der Waals surface area contributed by atoms with E-state index in [0.29, 0.717) is 10.0 Å². The molecule has 0 unspecified atom stereocenters. The van der Waals surface area contributed by atoms with Gasteiger partial charge in [0, 0.05) is 16.1 Å². The van der Waals surface area contributed by atoms with Crippen LogP contribution in [0, 0.1) is 0 Å². The van der Waals surface area contributed by atoms with Gasteiger partial charge in [0.2, 0.25) is 0 Å². The zero-order chi connectivity index (χ0) is 9.42. The third-order valence-corrected chi connectivity index (χ3v) is 2.60. The van der Waals surface area contributed by atoms with Crippen LogP contribution in [0.5, 0.6) is 0 Å². The Kier molecular flexibility index (Phi) is 2.22. The molecule has 1 nitrogen and oxygen atoms in total. The van der Waals surface area contributed by atoms with Crippen molar-refractivity contribution in [3.8, 4) is 0 Å². The summed E-state index contributed by atoms with van der Waals surface area (Å²) in [5.41, 5.74) is 2.15. The number of nitrogens with one attached hydrogen (secondary N) is 1. The molecule has 13 heavy (non-hydrogen) atoms. The lowest BCUT2D eigenvalue weighted by molar-refractivity contribution is 1.07. The normalized spacial score (nSPS) is 11.0. The molecular weight excluding hydrogens is 205 g/mol. The number of hydrogen-bond acceptors (Lipinski definition) is 0. The fourth-order valence-electron chi connectivity index (χ4n) is 1.41. The van der Waals surface area contributed by atoms with E-state index in [1.807, 2.05) is 6.07 Å². The molecule has 3 heteroatoms. The first-order chi connectivity index (χ1) is 6.20. The lowest BCUT2D eigenvalue weighted by Gasteiger charge is -1.94.